The van der Waals surface area contributed by atoms with Gasteiger partial charge in [0, 0.05) is 26.7 Å². The summed E-state index contributed by atoms with van der Waals surface area (Å²) in [5, 5.41) is 177. The second-order valence-corrected chi connectivity index (χ2v) is 16.4. The van der Waals surface area contributed by atoms with Gasteiger partial charge >= 0.3 is 11.9 Å². The third-order valence-corrected chi connectivity index (χ3v) is 11.4. The van der Waals surface area contributed by atoms with Crippen molar-refractivity contribution in [1.82, 2.24) is 16.0 Å². The summed E-state index contributed by atoms with van der Waals surface area (Å²) in [5.41, 5.74) is 0. The van der Waals surface area contributed by atoms with Gasteiger partial charge < -0.3 is 125 Å². The average molecular weight is 968 g/mol. The first-order valence-electron chi connectivity index (χ1n) is 20.5. The summed E-state index contributed by atoms with van der Waals surface area (Å²) in [6.07, 6.45) is -39.1. The Hall–Kier alpha value is -3.00. The quantitative estimate of drug-likeness (QED) is 0.0504. The van der Waals surface area contributed by atoms with Crippen molar-refractivity contribution in [2.24, 2.45) is 0 Å². The van der Waals surface area contributed by atoms with Crippen molar-refractivity contribution < 1.29 is 134 Å². The number of amides is 2. The standard InChI is InChI=1S/C36H61N3O27/c1-10(43)37-19-13(46)4-35(33(56)57,64-28(19)22(50)15(48)6-40)60-9-18-25(53)27(21(31(55)61-18)39-12(3)45)63-32-26(54)30(24(52)17(8-42)62-32)66-36(34(58)59)5-14(47)20(38-11(2)44)29(65-36)23(51)16(49)7-41/h12-32,39-42,45-55H,4-9H2,1-3H3,(H,37,43)(H,38,44)(H,56,57)(H,58,59)/t12-,13-,14-,15+,16+,17+,18+,19+,20+,21+,22+,23+,24-,25+,26+,27+,28+,29+,30-,31+,32-,35+,36-/m0/s1. The minimum atomic E-state index is -3.18. The van der Waals surface area contributed by atoms with Gasteiger partial charge in [-0.05, 0) is 6.92 Å². The van der Waals surface area contributed by atoms with Crippen LogP contribution in [0.4, 0.5) is 0 Å². The molecule has 0 bridgehead atoms. The van der Waals surface area contributed by atoms with E-state index in [2.05, 4.69) is 16.0 Å². The fourth-order valence-corrected chi connectivity index (χ4v) is 8.11. The van der Waals surface area contributed by atoms with Crippen LogP contribution in [0.15, 0.2) is 0 Å². The zero-order valence-electron chi connectivity index (χ0n) is 35.5. The molecule has 23 atom stereocenters. The number of carbonyl (C=O) groups excluding carboxylic acids is 2. The van der Waals surface area contributed by atoms with E-state index in [1.54, 1.807) is 0 Å². The first kappa shape index (κ1) is 55.6. The molecule has 0 unspecified atom stereocenters. The minimum Gasteiger partial charge on any atom is -0.477 e. The van der Waals surface area contributed by atoms with Crippen LogP contribution in [0.2, 0.25) is 0 Å². The molecule has 0 aliphatic carbocycles. The molecule has 4 aliphatic heterocycles. The molecule has 0 aromatic heterocycles. The molecular weight excluding hydrogens is 906 g/mol. The van der Waals surface area contributed by atoms with Crippen LogP contribution in [0.3, 0.4) is 0 Å². The number of ether oxygens (including phenoxy) is 7. The highest BCUT2D eigenvalue weighted by atomic mass is 16.8. The second kappa shape index (κ2) is 23.1. The van der Waals surface area contributed by atoms with Crippen LogP contribution >= 0.6 is 0 Å². The SMILES string of the molecule is CC(=O)N[C@H]1[C@H]([C@H](O)[C@H](O)CO)O[C@@](OC[C@H]2O[C@@H](O)[C@H](N[C@H](C)O)[C@@H](O[C@@H]3O[C@H](CO)[C@H](O)[C@H](O[C@]4(C(=O)O)C[C@H](O)[C@@H](NC(C)=O)[C@H]([C@H](O)[C@H](O)CO)O4)[C@H]3O)[C@@H]2O)(C(=O)O)C[C@@H]1O. The van der Waals surface area contributed by atoms with Crippen molar-refractivity contribution in [3.8, 4) is 0 Å². The molecule has 30 nitrogen and oxygen atoms in total. The van der Waals surface area contributed by atoms with Crippen molar-refractivity contribution in [3.05, 3.63) is 0 Å². The first-order chi connectivity index (χ1) is 30.8. The molecular formula is C36H61N3O27. The van der Waals surface area contributed by atoms with Gasteiger partial charge in [-0.25, -0.2) is 9.59 Å². The highest BCUT2D eigenvalue weighted by molar-refractivity contribution is 5.77. The fraction of sp³-hybridized carbons (Fsp3) is 0.889. The van der Waals surface area contributed by atoms with Gasteiger partial charge in [0.1, 0.15) is 85.6 Å². The molecule has 66 heavy (non-hydrogen) atoms. The molecule has 0 spiro atoms. The lowest BCUT2D eigenvalue weighted by atomic mass is 9.88. The normalized spacial score (nSPS) is 42.0. The lowest BCUT2D eigenvalue weighted by molar-refractivity contribution is -0.382. The Bertz CT molecular complexity index is 1640. The van der Waals surface area contributed by atoms with E-state index in [1.165, 1.54) is 0 Å². The molecule has 19 N–H and O–H groups in total. The van der Waals surface area contributed by atoms with Crippen LogP contribution < -0.4 is 16.0 Å². The van der Waals surface area contributed by atoms with Crippen LogP contribution in [0.1, 0.15) is 33.6 Å². The number of hydrogen-bond acceptors (Lipinski definition) is 26. The molecule has 4 fully saturated rings. The zero-order chi connectivity index (χ0) is 49.7. The highest BCUT2D eigenvalue weighted by Crippen LogP contribution is 2.39. The number of carboxylic acid groups (broad SMARTS) is 2. The van der Waals surface area contributed by atoms with E-state index >= 15 is 0 Å². The van der Waals surface area contributed by atoms with Gasteiger partial charge in [-0.3, -0.25) is 14.9 Å². The maximum absolute atomic E-state index is 12.9. The van der Waals surface area contributed by atoms with Gasteiger partial charge in [0.15, 0.2) is 12.6 Å². The van der Waals surface area contributed by atoms with Gasteiger partial charge in [0.25, 0.3) is 11.6 Å². The van der Waals surface area contributed by atoms with Crippen LogP contribution in [0.25, 0.3) is 0 Å². The Morgan fingerprint density at radius 1 is 0.667 bits per heavy atom. The Kier molecular flexibility index (Phi) is 19.4. The molecule has 2 amide bonds. The van der Waals surface area contributed by atoms with Gasteiger partial charge in [-0.1, -0.05) is 0 Å². The predicted octanol–water partition coefficient (Wildman–Crippen LogP) is -11.1. The van der Waals surface area contributed by atoms with E-state index in [9.17, 15) is 101 Å². The summed E-state index contributed by atoms with van der Waals surface area (Å²) in [6.45, 7) is -1.28. The fourth-order valence-electron chi connectivity index (χ4n) is 8.11. The number of hydrogen-bond donors (Lipinski definition) is 19. The van der Waals surface area contributed by atoms with E-state index in [-0.39, 0.29) is 0 Å². The smallest absolute Gasteiger partial charge is 0.364 e. The van der Waals surface area contributed by atoms with E-state index in [0.717, 1.165) is 20.8 Å². The zero-order valence-corrected chi connectivity index (χ0v) is 35.5. The van der Waals surface area contributed by atoms with Crippen LogP contribution in [0, 0.1) is 0 Å². The van der Waals surface area contributed by atoms with Crippen molar-refractivity contribution in [1.29, 1.82) is 0 Å². The number of aliphatic carboxylic acids is 2. The van der Waals surface area contributed by atoms with Gasteiger partial charge in [-0.15, -0.1) is 0 Å². The Morgan fingerprint density at radius 3 is 1.58 bits per heavy atom. The molecule has 0 aromatic rings. The number of rotatable bonds is 20. The monoisotopic (exact) mass is 967 g/mol. The van der Waals surface area contributed by atoms with Crippen LogP contribution in [-0.4, -0.2) is 272 Å². The van der Waals surface area contributed by atoms with Crippen LogP contribution in [0.5, 0.6) is 0 Å². The first-order valence-corrected chi connectivity index (χ1v) is 20.5. The van der Waals surface area contributed by atoms with Gasteiger partial charge in [0.2, 0.25) is 11.8 Å². The lowest BCUT2D eigenvalue weighted by Crippen LogP contribution is -2.71. The second-order valence-electron chi connectivity index (χ2n) is 16.4. The third kappa shape index (κ3) is 12.2. The molecule has 4 rings (SSSR count). The van der Waals surface area contributed by atoms with Crippen molar-refractivity contribution in [2.75, 3.05) is 26.4 Å². The largest absolute Gasteiger partial charge is 0.477 e. The van der Waals surface area contributed by atoms with E-state index in [0.29, 0.717) is 0 Å². The molecule has 30 heteroatoms. The van der Waals surface area contributed by atoms with E-state index in [1.807, 2.05) is 0 Å². The maximum atomic E-state index is 12.9. The summed E-state index contributed by atoms with van der Waals surface area (Å²) in [7, 11) is 0. The topological polar surface area (TPSA) is 493 Å². The molecule has 0 saturated carbocycles. The Labute approximate surface area is 373 Å². The molecule has 4 heterocycles. The number of aliphatic hydroxyl groups excluding tert-OH is 14. The summed E-state index contributed by atoms with van der Waals surface area (Å²) in [4.78, 5) is 49.5. The third-order valence-electron chi connectivity index (χ3n) is 11.4. The van der Waals surface area contributed by atoms with Gasteiger partial charge in [0.05, 0.1) is 56.8 Å². The molecule has 0 aromatic carbocycles. The molecule has 4 aliphatic rings. The summed E-state index contributed by atoms with van der Waals surface area (Å²) in [6, 6.07) is -4.95. The summed E-state index contributed by atoms with van der Waals surface area (Å²) >= 11 is 0. The number of carbonyl (C=O) groups is 4. The lowest BCUT2D eigenvalue weighted by Gasteiger charge is -2.51. The number of nitrogens with one attached hydrogen (secondary N) is 3. The number of aliphatic hydroxyl groups is 14. The summed E-state index contributed by atoms with van der Waals surface area (Å²) in [5.74, 6) is -11.8. The Morgan fingerprint density at radius 2 is 1.14 bits per heavy atom. The Balaban J connectivity index is 1.66. The van der Waals surface area contributed by atoms with E-state index < -0.39 is 203 Å². The molecule has 0 radical (unpaired) electrons. The van der Waals surface area contributed by atoms with Crippen LogP contribution in [-0.2, 0) is 52.3 Å². The molecule has 382 valence electrons. The van der Waals surface area contributed by atoms with E-state index in [4.69, 9.17) is 33.2 Å². The predicted molar refractivity (Wildman–Crippen MR) is 204 cm³/mol. The maximum Gasteiger partial charge on any atom is 0.364 e. The van der Waals surface area contributed by atoms with Crippen molar-refractivity contribution >= 4 is 23.8 Å². The van der Waals surface area contributed by atoms with Crippen molar-refractivity contribution in [2.45, 2.75) is 174 Å². The summed E-state index contributed by atoms with van der Waals surface area (Å²) < 4.78 is 39.2. The molecule has 4 saturated heterocycles. The highest BCUT2D eigenvalue weighted by Gasteiger charge is 2.61. The van der Waals surface area contributed by atoms with Gasteiger partial charge in [-0.2, -0.15) is 0 Å². The average Bonchev–Trinajstić information content (AvgIpc) is 3.24. The number of carboxylic acids is 2. The minimum absolute atomic E-state index is 0.784. The van der Waals surface area contributed by atoms with Crippen molar-refractivity contribution in [3.63, 3.8) is 0 Å².